The minimum Gasteiger partial charge on any atom is -0.487 e. The van der Waals surface area contributed by atoms with Crippen LogP contribution < -0.4 is 15.0 Å². The summed E-state index contributed by atoms with van der Waals surface area (Å²) in [5.41, 5.74) is 0.682. The fourth-order valence-corrected chi connectivity index (χ4v) is 3.54. The highest BCUT2D eigenvalue weighted by molar-refractivity contribution is 6.31. The maximum atomic E-state index is 12.6. The van der Waals surface area contributed by atoms with Crippen molar-refractivity contribution in [2.75, 3.05) is 11.4 Å². The third-order valence-corrected chi connectivity index (χ3v) is 4.80. The number of nitrogens with one attached hydrogen (secondary N) is 1. The highest BCUT2D eigenvalue weighted by Gasteiger charge is 2.28. The number of benzene rings is 1. The summed E-state index contributed by atoms with van der Waals surface area (Å²) in [4.78, 5) is 26.3. The number of carbonyl (C=O) groups excluding carboxylic acids is 2. The molecule has 0 unspecified atom stereocenters. The smallest absolute Gasteiger partial charge is 0.227 e. The lowest BCUT2D eigenvalue weighted by Crippen LogP contribution is -2.43. The Kier molecular flexibility index (Phi) is 5.29. The van der Waals surface area contributed by atoms with E-state index in [1.165, 1.54) is 12.8 Å². The van der Waals surface area contributed by atoms with Gasteiger partial charge in [0, 0.05) is 23.9 Å². The van der Waals surface area contributed by atoms with E-state index in [-0.39, 0.29) is 36.8 Å². The van der Waals surface area contributed by atoms with Crippen LogP contribution in [0.2, 0.25) is 5.02 Å². The zero-order valence-corrected chi connectivity index (χ0v) is 14.6. The van der Waals surface area contributed by atoms with Gasteiger partial charge in [0.25, 0.3) is 0 Å². The fraction of sp³-hybridized carbons (Fsp3) is 0.556. The summed E-state index contributed by atoms with van der Waals surface area (Å²) in [5, 5.41) is 3.58. The molecule has 1 aromatic rings. The molecule has 2 amide bonds. The van der Waals surface area contributed by atoms with E-state index in [0.29, 0.717) is 23.0 Å². The zero-order valence-electron chi connectivity index (χ0n) is 13.9. The van der Waals surface area contributed by atoms with Gasteiger partial charge in [0.2, 0.25) is 11.8 Å². The molecule has 130 valence electrons. The van der Waals surface area contributed by atoms with Crippen molar-refractivity contribution in [1.29, 1.82) is 0 Å². The van der Waals surface area contributed by atoms with Gasteiger partial charge in [-0.2, -0.15) is 0 Å². The maximum absolute atomic E-state index is 12.6. The van der Waals surface area contributed by atoms with Gasteiger partial charge in [-0.1, -0.05) is 24.4 Å². The van der Waals surface area contributed by atoms with Crippen LogP contribution in [0, 0.1) is 0 Å². The number of hydrogen-bond acceptors (Lipinski definition) is 3. The van der Waals surface area contributed by atoms with E-state index in [1.807, 2.05) is 6.92 Å². The average molecular weight is 351 g/mol. The molecule has 0 spiro atoms. The van der Waals surface area contributed by atoms with Gasteiger partial charge < -0.3 is 15.0 Å². The quantitative estimate of drug-likeness (QED) is 0.906. The number of ether oxygens (including phenoxy) is 1. The van der Waals surface area contributed by atoms with Crippen LogP contribution in [-0.4, -0.2) is 30.5 Å². The summed E-state index contributed by atoms with van der Waals surface area (Å²) < 4.78 is 5.75. The average Bonchev–Trinajstić information content (AvgIpc) is 3.05. The Balaban J connectivity index is 1.60. The largest absolute Gasteiger partial charge is 0.487 e. The molecule has 1 saturated carbocycles. The predicted octanol–water partition coefficient (Wildman–Crippen LogP) is 3.29. The Hall–Kier alpha value is -1.75. The lowest BCUT2D eigenvalue weighted by Gasteiger charge is -2.33. The van der Waals surface area contributed by atoms with E-state index in [1.54, 1.807) is 23.1 Å². The van der Waals surface area contributed by atoms with E-state index in [9.17, 15) is 9.59 Å². The van der Waals surface area contributed by atoms with Crippen LogP contribution in [-0.2, 0) is 9.59 Å². The first kappa shape index (κ1) is 17.1. The molecule has 1 fully saturated rings. The van der Waals surface area contributed by atoms with E-state index < -0.39 is 0 Å². The molecule has 1 aromatic carbocycles. The van der Waals surface area contributed by atoms with Gasteiger partial charge in [-0.15, -0.1) is 0 Å². The van der Waals surface area contributed by atoms with Crippen molar-refractivity contribution in [2.24, 2.45) is 0 Å². The second kappa shape index (κ2) is 7.43. The molecule has 1 heterocycles. The Morgan fingerprint density at radius 1 is 1.29 bits per heavy atom. The minimum absolute atomic E-state index is 0.0390. The minimum atomic E-state index is -0.0880. The van der Waals surface area contributed by atoms with Crippen LogP contribution in [0.25, 0.3) is 0 Å². The molecule has 2 aliphatic rings. The van der Waals surface area contributed by atoms with E-state index in [0.717, 1.165) is 12.8 Å². The number of anilines is 1. The van der Waals surface area contributed by atoms with Gasteiger partial charge in [-0.25, -0.2) is 0 Å². The first-order valence-electron chi connectivity index (χ1n) is 8.59. The third-order valence-electron chi connectivity index (χ3n) is 4.57. The molecule has 0 aromatic heterocycles. The predicted molar refractivity (Wildman–Crippen MR) is 93.5 cm³/mol. The normalized spacial score (nSPS) is 20.4. The highest BCUT2D eigenvalue weighted by atomic mass is 35.5. The van der Waals surface area contributed by atoms with Crippen molar-refractivity contribution in [3.05, 3.63) is 23.2 Å². The van der Waals surface area contributed by atoms with Crippen LogP contribution >= 0.6 is 11.6 Å². The van der Waals surface area contributed by atoms with E-state index in [4.69, 9.17) is 16.3 Å². The molecule has 1 atom stereocenters. The molecule has 0 bridgehead atoms. The van der Waals surface area contributed by atoms with Crippen molar-refractivity contribution in [1.82, 2.24) is 5.32 Å². The van der Waals surface area contributed by atoms with Gasteiger partial charge >= 0.3 is 0 Å². The van der Waals surface area contributed by atoms with Gasteiger partial charge in [-0.05, 0) is 38.0 Å². The molecular formula is C18H23ClN2O3. The number of nitrogens with zero attached hydrogens (tertiary/aromatic N) is 1. The molecule has 0 radical (unpaired) electrons. The van der Waals surface area contributed by atoms with Crippen molar-refractivity contribution in [3.8, 4) is 5.75 Å². The second-order valence-corrected chi connectivity index (χ2v) is 7.03. The van der Waals surface area contributed by atoms with Crippen LogP contribution in [0.15, 0.2) is 18.2 Å². The van der Waals surface area contributed by atoms with Crippen molar-refractivity contribution >= 4 is 29.1 Å². The molecule has 0 saturated heterocycles. The molecular weight excluding hydrogens is 328 g/mol. The summed E-state index contributed by atoms with van der Waals surface area (Å²) >= 11 is 6.05. The standard InChI is InChI=1S/C18H23ClN2O3/c1-12-11-21(15-10-13(19)6-7-16(15)24-12)18(23)9-8-17(22)20-14-4-2-3-5-14/h6-7,10,12,14H,2-5,8-9,11H2,1H3,(H,20,22)/t12-/m1/s1. The SMILES string of the molecule is C[C@@H]1CN(C(=O)CCC(=O)NC2CCCC2)c2cc(Cl)ccc2O1. The number of rotatable bonds is 4. The summed E-state index contributed by atoms with van der Waals surface area (Å²) in [6.07, 6.45) is 4.77. The molecule has 1 aliphatic carbocycles. The summed E-state index contributed by atoms with van der Waals surface area (Å²) in [6.45, 7) is 2.39. The topological polar surface area (TPSA) is 58.6 Å². The molecule has 1 N–H and O–H groups in total. The van der Waals surface area contributed by atoms with Crippen molar-refractivity contribution in [3.63, 3.8) is 0 Å². The summed E-state index contributed by atoms with van der Waals surface area (Å²) in [6, 6.07) is 5.55. The molecule has 1 aliphatic heterocycles. The highest BCUT2D eigenvalue weighted by Crippen LogP contribution is 2.36. The number of amides is 2. The van der Waals surface area contributed by atoms with Crippen LogP contribution in [0.5, 0.6) is 5.75 Å². The lowest BCUT2D eigenvalue weighted by molar-refractivity contribution is -0.125. The van der Waals surface area contributed by atoms with Gasteiger partial charge in [0.05, 0.1) is 12.2 Å². The Morgan fingerprint density at radius 2 is 2.04 bits per heavy atom. The fourth-order valence-electron chi connectivity index (χ4n) is 3.37. The first-order valence-corrected chi connectivity index (χ1v) is 8.96. The van der Waals surface area contributed by atoms with E-state index in [2.05, 4.69) is 5.32 Å². The Bertz CT molecular complexity index is 629. The maximum Gasteiger partial charge on any atom is 0.227 e. The van der Waals surface area contributed by atoms with Gasteiger partial charge in [0.1, 0.15) is 11.9 Å². The van der Waals surface area contributed by atoms with E-state index >= 15 is 0 Å². The van der Waals surface area contributed by atoms with Crippen molar-refractivity contribution in [2.45, 2.75) is 57.6 Å². The Labute approximate surface area is 147 Å². The molecule has 6 heteroatoms. The number of carbonyl (C=O) groups is 2. The van der Waals surface area contributed by atoms with Crippen LogP contribution in [0.1, 0.15) is 45.4 Å². The summed E-state index contributed by atoms with van der Waals surface area (Å²) in [7, 11) is 0. The van der Waals surface area contributed by atoms with Crippen LogP contribution in [0.3, 0.4) is 0 Å². The number of fused-ring (bicyclic) bond motifs is 1. The van der Waals surface area contributed by atoms with Gasteiger partial charge in [-0.3, -0.25) is 9.59 Å². The van der Waals surface area contributed by atoms with Gasteiger partial charge in [0.15, 0.2) is 0 Å². The molecule has 5 nitrogen and oxygen atoms in total. The summed E-state index contributed by atoms with van der Waals surface area (Å²) in [5.74, 6) is 0.542. The van der Waals surface area contributed by atoms with Crippen LogP contribution in [0.4, 0.5) is 5.69 Å². The molecule has 24 heavy (non-hydrogen) atoms. The number of hydrogen-bond donors (Lipinski definition) is 1. The second-order valence-electron chi connectivity index (χ2n) is 6.59. The van der Waals surface area contributed by atoms with Crippen molar-refractivity contribution < 1.29 is 14.3 Å². The number of halogens is 1. The molecule has 3 rings (SSSR count). The first-order chi connectivity index (χ1) is 11.5. The lowest BCUT2D eigenvalue weighted by atomic mass is 10.1. The Morgan fingerprint density at radius 3 is 2.79 bits per heavy atom. The third kappa shape index (κ3) is 4.01. The zero-order chi connectivity index (χ0) is 17.1. The monoisotopic (exact) mass is 350 g/mol.